The number of aromatic nitrogens is 1. The minimum Gasteiger partial charge on any atom is -0.365 e. The van der Waals surface area contributed by atoms with Crippen LogP contribution in [0.15, 0.2) is 24.5 Å². The molecule has 1 rings (SSSR count). The molecule has 0 bridgehead atoms. The van der Waals surface area contributed by atoms with Gasteiger partial charge in [0, 0.05) is 25.1 Å². The first-order valence-electron chi connectivity index (χ1n) is 3.90. The Balaban J connectivity index is 2.41. The van der Waals surface area contributed by atoms with Gasteiger partial charge in [0.25, 0.3) is 0 Å². The van der Waals surface area contributed by atoms with E-state index in [9.17, 15) is 0 Å². The molecule has 1 heterocycles. The number of anilines is 1. The lowest BCUT2D eigenvalue weighted by Gasteiger charge is -2.17. The summed E-state index contributed by atoms with van der Waals surface area (Å²) < 4.78 is 0. The van der Waals surface area contributed by atoms with Crippen LogP contribution in [0, 0.1) is 11.3 Å². The van der Waals surface area contributed by atoms with E-state index in [1.807, 2.05) is 19.2 Å². The van der Waals surface area contributed by atoms with E-state index in [-0.39, 0.29) is 0 Å². The largest absolute Gasteiger partial charge is 0.365 e. The SMILES string of the molecule is CN(CSCC#N)c1ccncc1. The molecule has 13 heavy (non-hydrogen) atoms. The second kappa shape index (κ2) is 5.44. The third kappa shape index (κ3) is 3.34. The second-order valence-electron chi connectivity index (χ2n) is 2.54. The topological polar surface area (TPSA) is 39.9 Å². The molecule has 0 aliphatic carbocycles. The third-order valence-corrected chi connectivity index (χ3v) is 2.46. The van der Waals surface area contributed by atoms with E-state index in [0.717, 1.165) is 11.6 Å². The van der Waals surface area contributed by atoms with Crippen molar-refractivity contribution in [1.29, 1.82) is 5.26 Å². The fraction of sp³-hybridized carbons (Fsp3) is 0.333. The van der Waals surface area contributed by atoms with Crippen molar-refractivity contribution in [2.45, 2.75) is 0 Å². The molecule has 0 aromatic carbocycles. The normalized spacial score (nSPS) is 9.23. The van der Waals surface area contributed by atoms with Crippen LogP contribution in [0.2, 0.25) is 0 Å². The molecule has 0 amide bonds. The van der Waals surface area contributed by atoms with Gasteiger partial charge in [-0.05, 0) is 12.1 Å². The molecule has 68 valence electrons. The highest BCUT2D eigenvalue weighted by molar-refractivity contribution is 7.99. The van der Waals surface area contributed by atoms with Gasteiger partial charge < -0.3 is 4.90 Å². The maximum absolute atomic E-state index is 8.35. The van der Waals surface area contributed by atoms with Crippen molar-refractivity contribution in [3.8, 4) is 6.07 Å². The van der Waals surface area contributed by atoms with Gasteiger partial charge in [0.05, 0.1) is 17.7 Å². The Labute approximate surface area is 82.4 Å². The fourth-order valence-electron chi connectivity index (χ4n) is 0.901. The molecule has 0 unspecified atom stereocenters. The van der Waals surface area contributed by atoms with Crippen LogP contribution in [0.25, 0.3) is 0 Å². The molecule has 0 spiro atoms. The first-order chi connectivity index (χ1) is 6.34. The van der Waals surface area contributed by atoms with Crippen LogP contribution >= 0.6 is 11.8 Å². The number of thioether (sulfide) groups is 1. The Hall–Kier alpha value is -1.21. The molecule has 0 fully saturated rings. The average Bonchev–Trinajstić information content (AvgIpc) is 2.19. The van der Waals surface area contributed by atoms with E-state index in [1.165, 1.54) is 0 Å². The Morgan fingerprint density at radius 1 is 1.54 bits per heavy atom. The maximum Gasteiger partial charge on any atom is 0.0825 e. The monoisotopic (exact) mass is 193 g/mol. The van der Waals surface area contributed by atoms with E-state index in [2.05, 4.69) is 16.0 Å². The van der Waals surface area contributed by atoms with Crippen LogP contribution in [0.3, 0.4) is 0 Å². The number of pyridine rings is 1. The lowest BCUT2D eigenvalue weighted by molar-refractivity contribution is 1.09. The van der Waals surface area contributed by atoms with Crippen molar-refractivity contribution >= 4 is 17.4 Å². The number of nitriles is 1. The molecule has 1 aromatic rings. The summed E-state index contributed by atoms with van der Waals surface area (Å²) in [6, 6.07) is 6.00. The number of hydrogen-bond donors (Lipinski definition) is 0. The zero-order valence-corrected chi connectivity index (χ0v) is 8.29. The molecule has 0 aliphatic rings. The van der Waals surface area contributed by atoms with E-state index in [0.29, 0.717) is 5.75 Å². The van der Waals surface area contributed by atoms with Gasteiger partial charge in [0.1, 0.15) is 0 Å². The molecule has 0 N–H and O–H groups in total. The third-order valence-electron chi connectivity index (χ3n) is 1.56. The molecule has 0 atom stereocenters. The van der Waals surface area contributed by atoms with Gasteiger partial charge in [-0.15, -0.1) is 11.8 Å². The van der Waals surface area contributed by atoms with Crippen LogP contribution in [0.4, 0.5) is 5.69 Å². The summed E-state index contributed by atoms with van der Waals surface area (Å²) in [5, 5.41) is 8.35. The number of nitrogens with zero attached hydrogens (tertiary/aromatic N) is 3. The zero-order valence-electron chi connectivity index (χ0n) is 7.47. The quantitative estimate of drug-likeness (QED) is 0.539. The van der Waals surface area contributed by atoms with Crippen molar-refractivity contribution in [2.75, 3.05) is 23.6 Å². The first kappa shape index (κ1) is 9.87. The smallest absolute Gasteiger partial charge is 0.0825 e. The van der Waals surface area contributed by atoms with Crippen molar-refractivity contribution < 1.29 is 0 Å². The molecular formula is C9H11N3S. The standard InChI is InChI=1S/C9H11N3S/c1-12(8-13-7-4-10)9-2-5-11-6-3-9/h2-3,5-6H,7-8H2,1H3. The molecule has 4 heteroatoms. The van der Waals surface area contributed by atoms with E-state index in [1.54, 1.807) is 24.2 Å². The molecule has 1 aromatic heterocycles. The predicted octanol–water partition coefficient (Wildman–Crippen LogP) is 1.73. The Kier molecular flexibility index (Phi) is 4.13. The lowest BCUT2D eigenvalue weighted by Crippen LogP contribution is -2.16. The van der Waals surface area contributed by atoms with Gasteiger partial charge >= 0.3 is 0 Å². The van der Waals surface area contributed by atoms with Crippen LogP contribution in [-0.2, 0) is 0 Å². The van der Waals surface area contributed by atoms with Crippen LogP contribution in [0.1, 0.15) is 0 Å². The predicted molar refractivity (Wildman–Crippen MR) is 55.6 cm³/mol. The van der Waals surface area contributed by atoms with Gasteiger partial charge in [-0.2, -0.15) is 5.26 Å². The van der Waals surface area contributed by atoms with Crippen LogP contribution in [-0.4, -0.2) is 23.7 Å². The summed E-state index contributed by atoms with van der Waals surface area (Å²) >= 11 is 1.60. The molecular weight excluding hydrogens is 182 g/mol. The molecule has 0 radical (unpaired) electrons. The van der Waals surface area contributed by atoms with E-state index >= 15 is 0 Å². The lowest BCUT2D eigenvalue weighted by atomic mass is 10.4. The fourth-order valence-corrected chi connectivity index (χ4v) is 1.51. The van der Waals surface area contributed by atoms with Gasteiger partial charge in [-0.1, -0.05) is 0 Å². The summed E-state index contributed by atoms with van der Waals surface area (Å²) in [5.74, 6) is 1.37. The van der Waals surface area contributed by atoms with Gasteiger partial charge in [0.2, 0.25) is 0 Å². The number of rotatable bonds is 4. The highest BCUT2D eigenvalue weighted by Crippen LogP contribution is 2.12. The van der Waals surface area contributed by atoms with Crippen molar-refractivity contribution in [2.24, 2.45) is 0 Å². The molecule has 0 aliphatic heterocycles. The molecule has 0 saturated carbocycles. The maximum atomic E-state index is 8.35. The van der Waals surface area contributed by atoms with Crippen LogP contribution in [0.5, 0.6) is 0 Å². The van der Waals surface area contributed by atoms with Crippen molar-refractivity contribution in [1.82, 2.24) is 4.98 Å². The summed E-state index contributed by atoms with van der Waals surface area (Å²) in [6.07, 6.45) is 3.53. The van der Waals surface area contributed by atoms with E-state index < -0.39 is 0 Å². The van der Waals surface area contributed by atoms with Crippen molar-refractivity contribution in [3.63, 3.8) is 0 Å². The Morgan fingerprint density at radius 2 is 2.23 bits per heavy atom. The zero-order chi connectivity index (χ0) is 9.52. The second-order valence-corrected chi connectivity index (χ2v) is 3.49. The minimum atomic E-state index is 0.537. The summed E-state index contributed by atoms with van der Waals surface area (Å²) in [4.78, 5) is 6.03. The van der Waals surface area contributed by atoms with Crippen LogP contribution < -0.4 is 4.90 Å². The van der Waals surface area contributed by atoms with Crippen molar-refractivity contribution in [3.05, 3.63) is 24.5 Å². The summed E-state index contributed by atoms with van der Waals surface area (Å²) in [7, 11) is 2.00. The first-order valence-corrected chi connectivity index (χ1v) is 5.06. The molecule has 0 saturated heterocycles. The summed E-state index contributed by atoms with van der Waals surface area (Å²) in [5.41, 5.74) is 1.13. The van der Waals surface area contributed by atoms with Gasteiger partial charge in [0.15, 0.2) is 0 Å². The number of hydrogen-bond acceptors (Lipinski definition) is 4. The minimum absolute atomic E-state index is 0.537. The van der Waals surface area contributed by atoms with Gasteiger partial charge in [-0.25, -0.2) is 0 Å². The highest BCUT2D eigenvalue weighted by atomic mass is 32.2. The Bertz CT molecular complexity index is 281. The van der Waals surface area contributed by atoms with E-state index in [4.69, 9.17) is 5.26 Å². The highest BCUT2D eigenvalue weighted by Gasteiger charge is 1.98. The van der Waals surface area contributed by atoms with Gasteiger partial charge in [-0.3, -0.25) is 4.98 Å². The molecule has 3 nitrogen and oxygen atoms in total. The summed E-state index contributed by atoms with van der Waals surface area (Å²) in [6.45, 7) is 0. The average molecular weight is 193 g/mol. The Morgan fingerprint density at radius 3 is 2.85 bits per heavy atom.